The Morgan fingerprint density at radius 2 is 1.00 bits per heavy atom. The summed E-state index contributed by atoms with van der Waals surface area (Å²) in [6, 6.07) is 0. The van der Waals surface area contributed by atoms with E-state index in [0.717, 1.165) is 0 Å². The minimum absolute atomic E-state index is 0. The molecule has 0 atom stereocenters. The number of rotatable bonds is 0. The van der Waals surface area contributed by atoms with E-state index in [2.05, 4.69) is 0 Å². The molecule has 0 saturated heterocycles. The van der Waals surface area contributed by atoms with E-state index in [9.17, 15) is 0 Å². The van der Waals surface area contributed by atoms with Crippen molar-refractivity contribution in [1.82, 2.24) is 0 Å². The Balaban J connectivity index is 0. The number of hydrogen-bond acceptors (Lipinski definition) is 0. The molecule has 0 rings (SSSR count). The van der Waals surface area contributed by atoms with Crippen LogP contribution in [0, 0.1) is 0 Å². The molecule has 0 nitrogen and oxygen atoms in total. The molecule has 0 unspecified atom stereocenters. The van der Waals surface area contributed by atoms with Gasteiger partial charge < -0.3 is 0 Å². The molecule has 10 valence electrons. The molecule has 0 saturated carbocycles. The zero-order valence-corrected chi connectivity index (χ0v) is 8.75. The molecule has 4 heteroatoms. The average molecular weight is 127 g/mol. The zero-order chi connectivity index (χ0) is 0. The minimum Gasteiger partial charge on any atom is 0 e. The monoisotopic (exact) mass is 126 g/mol. The first-order valence-corrected chi connectivity index (χ1v) is 0. The molecule has 0 fully saturated rings. The topological polar surface area (TPSA) is 0 Å². The fraction of sp³-hybridized carbons (Fsp3) is 0. The maximum absolute atomic E-state index is 0. The van der Waals surface area contributed by atoms with E-state index in [1.807, 2.05) is 0 Å². The van der Waals surface area contributed by atoms with Crippen LogP contribution in [-0.2, 0) is 19.5 Å². The van der Waals surface area contributed by atoms with Crippen molar-refractivity contribution in [1.29, 1.82) is 0 Å². The molecule has 0 aromatic rings. The molecule has 0 spiro atoms. The van der Waals surface area contributed by atoms with Gasteiger partial charge in [0.15, 0.2) is 0 Å². The van der Waals surface area contributed by atoms with E-state index in [1.165, 1.54) is 0 Å². The molecule has 0 aliphatic carbocycles. The molecule has 0 heterocycles. The normalized spacial score (nSPS) is 0. The predicted molar refractivity (Wildman–Crippen MR) is 17.3 cm³/mol. The molecule has 4 heavy (non-hydrogen) atoms. The third-order valence-electron chi connectivity index (χ3n) is 0. The molecule has 0 N–H and O–H groups in total. The van der Waals surface area contributed by atoms with Crippen LogP contribution in [0.4, 0.5) is 0 Å². The average Bonchev–Trinajstić information content (AvgIpc) is 0. The minimum atomic E-state index is 0. The van der Waals surface area contributed by atoms with Crippen LogP contribution < -0.4 is 0 Å². The van der Waals surface area contributed by atoms with E-state index in [4.69, 9.17) is 0 Å². The van der Waals surface area contributed by atoms with Crippen LogP contribution in [0.3, 0.4) is 0 Å². The standard InChI is InChI=1S/B.Na.Si.Zn. The summed E-state index contributed by atoms with van der Waals surface area (Å²) in [6.07, 6.45) is 0. The second-order valence-electron chi connectivity index (χ2n) is 0. The van der Waals surface area contributed by atoms with Gasteiger partial charge in [0.1, 0.15) is 0 Å². The van der Waals surface area contributed by atoms with Crippen molar-refractivity contribution in [3.63, 3.8) is 0 Å². The van der Waals surface area contributed by atoms with Gasteiger partial charge in [0, 0.05) is 68.4 Å². The van der Waals surface area contributed by atoms with Crippen LogP contribution in [-0.4, -0.2) is 48.9 Å². The summed E-state index contributed by atoms with van der Waals surface area (Å²) in [6.45, 7) is 0. The van der Waals surface area contributed by atoms with Gasteiger partial charge >= 0.3 is 0 Å². The van der Waals surface area contributed by atoms with Crippen molar-refractivity contribution in [2.75, 3.05) is 0 Å². The Bertz CT molecular complexity index is 8.00. The molecule has 0 aliphatic rings. The maximum Gasteiger partial charge on any atom is 0 e. The third-order valence-corrected chi connectivity index (χ3v) is 0. The molecule has 0 bridgehead atoms. The Morgan fingerprint density at radius 3 is 1.00 bits per heavy atom. The van der Waals surface area contributed by atoms with Crippen molar-refractivity contribution in [2.24, 2.45) is 0 Å². The number of hydrogen-bond donors (Lipinski definition) is 0. The van der Waals surface area contributed by atoms with E-state index in [1.54, 1.807) is 0 Å². The van der Waals surface area contributed by atoms with Crippen LogP contribution in [0.1, 0.15) is 0 Å². The van der Waals surface area contributed by atoms with Crippen molar-refractivity contribution in [2.45, 2.75) is 0 Å². The van der Waals surface area contributed by atoms with Crippen LogP contribution >= 0.6 is 0 Å². The summed E-state index contributed by atoms with van der Waals surface area (Å²) in [7, 11) is 0. The SMILES string of the molecule is [B].[Na].[Si].[Zn]. The second kappa shape index (κ2) is 20.6. The van der Waals surface area contributed by atoms with Crippen LogP contribution in [0.25, 0.3) is 0 Å². The summed E-state index contributed by atoms with van der Waals surface area (Å²) in [4.78, 5) is 0. The van der Waals surface area contributed by atoms with Crippen LogP contribution in [0.15, 0.2) is 0 Å². The predicted octanol–water partition coefficient (Wildman–Crippen LogP) is -1.14. The van der Waals surface area contributed by atoms with Crippen molar-refractivity contribution < 1.29 is 19.5 Å². The van der Waals surface area contributed by atoms with Gasteiger partial charge in [-0.25, -0.2) is 0 Å². The van der Waals surface area contributed by atoms with Gasteiger partial charge in [0.05, 0.1) is 0 Å². The first-order valence-electron chi connectivity index (χ1n) is 0. The Labute approximate surface area is 67.8 Å². The van der Waals surface area contributed by atoms with Gasteiger partial charge in [-0.1, -0.05) is 0 Å². The van der Waals surface area contributed by atoms with Gasteiger partial charge in [-0.15, -0.1) is 0 Å². The van der Waals surface area contributed by atoms with Gasteiger partial charge in [-0.3, -0.25) is 0 Å². The summed E-state index contributed by atoms with van der Waals surface area (Å²) in [5.41, 5.74) is 0. The molecule has 0 amide bonds. The summed E-state index contributed by atoms with van der Waals surface area (Å²) >= 11 is 0. The first kappa shape index (κ1) is 39.1. The smallest absolute Gasteiger partial charge is 0 e. The summed E-state index contributed by atoms with van der Waals surface area (Å²) in [5, 5.41) is 0. The Kier molecular flexibility index (Phi) is 202. The molecule has 0 aromatic carbocycles. The van der Waals surface area contributed by atoms with Gasteiger partial charge in [0.25, 0.3) is 0 Å². The second-order valence-corrected chi connectivity index (χ2v) is 0. The van der Waals surface area contributed by atoms with Gasteiger partial charge in [-0.2, -0.15) is 0 Å². The van der Waals surface area contributed by atoms with Crippen molar-refractivity contribution in [3.8, 4) is 0 Å². The fourth-order valence-corrected chi connectivity index (χ4v) is 0. The van der Waals surface area contributed by atoms with E-state index < -0.39 is 0 Å². The zero-order valence-electron chi connectivity index (χ0n) is 2.78. The Hall–Kier alpha value is 1.91. The maximum atomic E-state index is 0. The van der Waals surface area contributed by atoms with E-state index >= 15 is 0 Å². The molecular weight excluding hydrogens is 127 g/mol. The van der Waals surface area contributed by atoms with Crippen LogP contribution in [0.2, 0.25) is 0 Å². The quantitative estimate of drug-likeness (QED) is 0.361. The molecule has 0 aliphatic heterocycles. The molecule has 0 aromatic heterocycles. The van der Waals surface area contributed by atoms with Crippen molar-refractivity contribution >= 4 is 48.9 Å². The molecule has 8 radical (unpaired) electrons. The van der Waals surface area contributed by atoms with E-state index in [-0.39, 0.29) is 68.4 Å². The fourth-order valence-electron chi connectivity index (χ4n) is 0. The van der Waals surface area contributed by atoms with Gasteiger partial charge in [0.2, 0.25) is 0 Å². The van der Waals surface area contributed by atoms with Gasteiger partial charge in [-0.05, 0) is 0 Å². The van der Waals surface area contributed by atoms with E-state index in [0.29, 0.717) is 0 Å². The largest absolute Gasteiger partial charge is 0 e. The van der Waals surface area contributed by atoms with Crippen molar-refractivity contribution in [3.05, 3.63) is 0 Å². The Morgan fingerprint density at radius 1 is 1.00 bits per heavy atom. The summed E-state index contributed by atoms with van der Waals surface area (Å²) in [5.74, 6) is 0. The molecular formula is BNaSiZn. The summed E-state index contributed by atoms with van der Waals surface area (Å²) < 4.78 is 0. The van der Waals surface area contributed by atoms with Crippen LogP contribution in [0.5, 0.6) is 0 Å². The third kappa shape index (κ3) is 9.08. The first-order chi connectivity index (χ1) is 0.